The highest BCUT2D eigenvalue weighted by molar-refractivity contribution is 7.09. The van der Waals surface area contributed by atoms with Crippen molar-refractivity contribution in [3.8, 4) is 0 Å². The van der Waals surface area contributed by atoms with E-state index in [9.17, 15) is 0 Å². The molecule has 2 aromatic rings. The van der Waals surface area contributed by atoms with Crippen molar-refractivity contribution in [2.75, 3.05) is 17.7 Å². The van der Waals surface area contributed by atoms with Crippen LogP contribution in [-0.4, -0.2) is 16.4 Å². The van der Waals surface area contributed by atoms with Gasteiger partial charge in [0.2, 0.25) is 5.13 Å². The van der Waals surface area contributed by atoms with Gasteiger partial charge < -0.3 is 10.6 Å². The molecule has 102 valence electrons. The van der Waals surface area contributed by atoms with Crippen LogP contribution in [0.25, 0.3) is 0 Å². The van der Waals surface area contributed by atoms with E-state index in [2.05, 4.69) is 35.0 Å². The smallest absolute Gasteiger partial charge is 0.205 e. The van der Waals surface area contributed by atoms with Gasteiger partial charge in [0, 0.05) is 36.2 Å². The minimum Gasteiger partial charge on any atom is -0.398 e. The van der Waals surface area contributed by atoms with Crippen molar-refractivity contribution in [2.24, 2.45) is 0 Å². The monoisotopic (exact) mass is 276 g/mol. The molecule has 0 saturated carbocycles. The molecule has 1 heterocycles. The van der Waals surface area contributed by atoms with Crippen molar-refractivity contribution < 1.29 is 0 Å². The van der Waals surface area contributed by atoms with E-state index < -0.39 is 0 Å². The Hall–Kier alpha value is -1.62. The Kier molecular flexibility index (Phi) is 3.75. The first-order valence-corrected chi connectivity index (χ1v) is 7.04. The summed E-state index contributed by atoms with van der Waals surface area (Å²) in [7, 11) is 2.01. The Morgan fingerprint density at radius 1 is 1.26 bits per heavy atom. The summed E-state index contributed by atoms with van der Waals surface area (Å²) in [6.45, 7) is 7.10. The lowest BCUT2D eigenvalue weighted by Crippen LogP contribution is -2.18. The van der Waals surface area contributed by atoms with E-state index in [0.717, 1.165) is 28.8 Å². The molecule has 0 amide bonds. The number of hydrogen-bond donors (Lipinski definition) is 1. The van der Waals surface area contributed by atoms with Gasteiger partial charge in [-0.2, -0.15) is 4.37 Å². The summed E-state index contributed by atoms with van der Waals surface area (Å²) in [6.07, 6.45) is 0. The molecule has 0 saturated heterocycles. The number of benzene rings is 1. The topological polar surface area (TPSA) is 55.0 Å². The molecule has 4 nitrogen and oxygen atoms in total. The number of anilines is 2. The number of rotatable bonds is 3. The van der Waals surface area contributed by atoms with E-state index in [1.54, 1.807) is 0 Å². The fourth-order valence-electron chi connectivity index (χ4n) is 1.68. The summed E-state index contributed by atoms with van der Waals surface area (Å²) in [5, 5.41) is 0.924. The third kappa shape index (κ3) is 3.23. The van der Waals surface area contributed by atoms with Crippen LogP contribution < -0.4 is 10.6 Å². The normalized spacial score (nSPS) is 11.6. The van der Waals surface area contributed by atoms with Gasteiger partial charge in [-0.3, -0.25) is 0 Å². The van der Waals surface area contributed by atoms with Crippen molar-refractivity contribution in [3.63, 3.8) is 0 Å². The Morgan fingerprint density at radius 3 is 2.53 bits per heavy atom. The Morgan fingerprint density at radius 2 is 1.95 bits per heavy atom. The van der Waals surface area contributed by atoms with Gasteiger partial charge in [-0.15, -0.1) is 0 Å². The SMILES string of the molecule is CN(Cc1ccccc1N)c1nc(C(C)(C)C)ns1. The number of nitrogens with two attached hydrogens (primary N) is 1. The zero-order valence-corrected chi connectivity index (χ0v) is 12.7. The largest absolute Gasteiger partial charge is 0.398 e. The second-order valence-corrected chi connectivity index (χ2v) is 6.44. The molecule has 0 aliphatic rings. The van der Waals surface area contributed by atoms with Crippen LogP contribution in [0.15, 0.2) is 24.3 Å². The van der Waals surface area contributed by atoms with Gasteiger partial charge in [-0.05, 0) is 11.6 Å². The van der Waals surface area contributed by atoms with Crippen LogP contribution >= 0.6 is 11.5 Å². The number of hydrogen-bond acceptors (Lipinski definition) is 5. The molecule has 1 aromatic carbocycles. The van der Waals surface area contributed by atoms with Crippen molar-refractivity contribution in [2.45, 2.75) is 32.7 Å². The first kappa shape index (κ1) is 13.8. The van der Waals surface area contributed by atoms with E-state index in [4.69, 9.17) is 5.73 Å². The number of nitrogens with zero attached hydrogens (tertiary/aromatic N) is 3. The fraction of sp³-hybridized carbons (Fsp3) is 0.429. The minimum absolute atomic E-state index is 0.0125. The van der Waals surface area contributed by atoms with E-state index in [-0.39, 0.29) is 5.41 Å². The molecule has 19 heavy (non-hydrogen) atoms. The highest BCUT2D eigenvalue weighted by Crippen LogP contribution is 2.26. The van der Waals surface area contributed by atoms with E-state index >= 15 is 0 Å². The summed E-state index contributed by atoms with van der Waals surface area (Å²) in [6, 6.07) is 7.91. The summed E-state index contributed by atoms with van der Waals surface area (Å²) in [4.78, 5) is 6.68. The summed E-state index contributed by atoms with van der Waals surface area (Å²) >= 11 is 1.43. The van der Waals surface area contributed by atoms with Crippen molar-refractivity contribution in [3.05, 3.63) is 35.7 Å². The summed E-state index contributed by atoms with van der Waals surface area (Å²) in [5.74, 6) is 0.889. The van der Waals surface area contributed by atoms with Gasteiger partial charge >= 0.3 is 0 Å². The lowest BCUT2D eigenvalue weighted by Gasteiger charge is -2.17. The number of para-hydroxylation sites is 1. The fourth-order valence-corrected chi connectivity index (χ4v) is 2.49. The zero-order chi connectivity index (χ0) is 14.0. The highest BCUT2D eigenvalue weighted by Gasteiger charge is 2.20. The Balaban J connectivity index is 2.15. The third-order valence-electron chi connectivity index (χ3n) is 2.88. The van der Waals surface area contributed by atoms with Crippen molar-refractivity contribution in [1.82, 2.24) is 9.36 Å². The van der Waals surface area contributed by atoms with E-state index in [0.29, 0.717) is 0 Å². The standard InChI is InChI=1S/C14H20N4S/c1-14(2,3)12-16-13(19-17-12)18(4)9-10-7-5-6-8-11(10)15/h5-8H,9,15H2,1-4H3. The van der Waals surface area contributed by atoms with Crippen LogP contribution in [0.5, 0.6) is 0 Å². The molecule has 0 aliphatic heterocycles. The average Bonchev–Trinajstić information content (AvgIpc) is 2.81. The molecule has 0 bridgehead atoms. The first-order valence-electron chi connectivity index (χ1n) is 6.26. The van der Waals surface area contributed by atoms with E-state index in [1.165, 1.54) is 11.5 Å². The van der Waals surface area contributed by atoms with Gasteiger partial charge in [-0.1, -0.05) is 39.0 Å². The van der Waals surface area contributed by atoms with Gasteiger partial charge in [0.1, 0.15) is 5.82 Å². The first-order chi connectivity index (χ1) is 8.88. The van der Waals surface area contributed by atoms with Gasteiger partial charge in [0.25, 0.3) is 0 Å². The summed E-state index contributed by atoms with van der Waals surface area (Å²) in [5.41, 5.74) is 7.87. The Labute approximate surface area is 118 Å². The van der Waals surface area contributed by atoms with Crippen LogP contribution in [0.1, 0.15) is 32.2 Å². The van der Waals surface area contributed by atoms with Crippen LogP contribution in [-0.2, 0) is 12.0 Å². The number of nitrogen functional groups attached to an aromatic ring is 1. The Bertz CT molecular complexity index is 557. The van der Waals surface area contributed by atoms with Crippen LogP contribution in [0, 0.1) is 0 Å². The molecule has 2 rings (SSSR count). The highest BCUT2D eigenvalue weighted by atomic mass is 32.1. The lowest BCUT2D eigenvalue weighted by molar-refractivity contribution is 0.554. The maximum Gasteiger partial charge on any atom is 0.205 e. The van der Waals surface area contributed by atoms with Crippen molar-refractivity contribution >= 4 is 22.4 Å². The second-order valence-electron chi connectivity index (χ2n) is 5.71. The maximum atomic E-state index is 5.96. The van der Waals surface area contributed by atoms with E-state index in [1.807, 2.05) is 31.3 Å². The minimum atomic E-state index is -0.0125. The molecular formula is C14H20N4S. The molecule has 0 fully saturated rings. The molecule has 0 spiro atoms. The molecule has 5 heteroatoms. The average molecular weight is 276 g/mol. The summed E-state index contributed by atoms with van der Waals surface area (Å²) < 4.78 is 4.43. The predicted molar refractivity (Wildman–Crippen MR) is 81.6 cm³/mol. The molecule has 0 unspecified atom stereocenters. The number of aromatic nitrogens is 2. The molecule has 2 N–H and O–H groups in total. The van der Waals surface area contributed by atoms with Gasteiger partial charge in [0.15, 0.2) is 0 Å². The van der Waals surface area contributed by atoms with Gasteiger partial charge in [-0.25, -0.2) is 4.98 Å². The maximum absolute atomic E-state index is 5.96. The molecule has 1 aromatic heterocycles. The van der Waals surface area contributed by atoms with Crippen LogP contribution in [0.3, 0.4) is 0 Å². The third-order valence-corrected chi connectivity index (χ3v) is 3.71. The molecule has 0 radical (unpaired) electrons. The second kappa shape index (κ2) is 5.17. The predicted octanol–water partition coefficient (Wildman–Crippen LogP) is 3.05. The molecule has 0 aliphatic carbocycles. The quantitative estimate of drug-likeness (QED) is 0.875. The van der Waals surface area contributed by atoms with Crippen molar-refractivity contribution in [1.29, 1.82) is 0 Å². The molecule has 0 atom stereocenters. The van der Waals surface area contributed by atoms with Crippen LogP contribution in [0.2, 0.25) is 0 Å². The molecular weight excluding hydrogens is 256 g/mol. The van der Waals surface area contributed by atoms with Crippen LogP contribution in [0.4, 0.5) is 10.8 Å². The lowest BCUT2D eigenvalue weighted by atomic mass is 9.96. The zero-order valence-electron chi connectivity index (χ0n) is 11.8. The van der Waals surface area contributed by atoms with Gasteiger partial charge in [0.05, 0.1) is 0 Å².